The number of methoxy groups -OCH3 is 2. The molecule has 292 valence electrons. The van der Waals surface area contributed by atoms with Crippen molar-refractivity contribution in [2.45, 2.75) is 70.2 Å². The lowest BCUT2D eigenvalue weighted by molar-refractivity contribution is -0.116. The first-order chi connectivity index (χ1) is 26.6. The highest BCUT2D eigenvalue weighted by Crippen LogP contribution is 2.50. The molecule has 1 saturated heterocycles. The van der Waals surface area contributed by atoms with Crippen molar-refractivity contribution in [2.24, 2.45) is 5.73 Å². The zero-order chi connectivity index (χ0) is 39.1. The van der Waals surface area contributed by atoms with Crippen LogP contribution < -0.4 is 20.5 Å². The van der Waals surface area contributed by atoms with Crippen LogP contribution in [0.1, 0.15) is 57.0 Å². The van der Waals surface area contributed by atoms with Crippen molar-refractivity contribution < 1.29 is 32.8 Å². The van der Waals surface area contributed by atoms with E-state index in [2.05, 4.69) is 64.8 Å². The van der Waals surface area contributed by atoms with E-state index in [9.17, 15) is 4.79 Å². The minimum Gasteiger partial charge on any atom is -0.497 e. The number of aromatic nitrogens is 4. The van der Waals surface area contributed by atoms with Gasteiger partial charge in [0.15, 0.2) is 17.0 Å². The van der Waals surface area contributed by atoms with Crippen molar-refractivity contribution in [1.82, 2.24) is 24.2 Å². The minimum absolute atomic E-state index is 0.0947. The molecule has 15 heteroatoms. The highest BCUT2D eigenvalue weighted by atomic mass is 31.2. The van der Waals surface area contributed by atoms with Gasteiger partial charge in [0, 0.05) is 25.6 Å². The number of fused-ring (bicyclic) bond motifs is 1. The molecular formula is C40H50N7O7P. The molecular weight excluding hydrogens is 721 g/mol. The summed E-state index contributed by atoms with van der Waals surface area (Å²) in [4.78, 5) is 24.9. The summed E-state index contributed by atoms with van der Waals surface area (Å²) in [6.07, 6.45) is 1.98. The second kappa shape index (κ2) is 17.8. The van der Waals surface area contributed by atoms with Crippen molar-refractivity contribution in [1.29, 1.82) is 0 Å². The molecule has 5 aromatic rings. The predicted molar refractivity (Wildman–Crippen MR) is 211 cm³/mol. The lowest BCUT2D eigenvalue weighted by Gasteiger charge is -2.38. The first kappa shape index (κ1) is 40.0. The maximum Gasteiger partial charge on any atom is 0.259 e. The van der Waals surface area contributed by atoms with E-state index < -0.39 is 38.5 Å². The van der Waals surface area contributed by atoms with Gasteiger partial charge in [0.2, 0.25) is 5.91 Å². The summed E-state index contributed by atoms with van der Waals surface area (Å²) in [6, 6.07) is 26.3. The number of carbonyl (C=O) groups excluding carboxylic acids is 1. The Kier molecular flexibility index (Phi) is 13.0. The van der Waals surface area contributed by atoms with Crippen LogP contribution in [0.15, 0.2) is 91.5 Å². The second-order valence-corrected chi connectivity index (χ2v) is 15.2. The van der Waals surface area contributed by atoms with E-state index in [1.165, 1.54) is 6.33 Å². The van der Waals surface area contributed by atoms with Gasteiger partial charge in [-0.05, 0) is 68.7 Å². The molecule has 0 aliphatic carbocycles. The molecule has 55 heavy (non-hydrogen) atoms. The molecule has 1 aliphatic rings. The summed E-state index contributed by atoms with van der Waals surface area (Å²) in [7, 11) is 3.49. The molecule has 3 heterocycles. The zero-order valence-electron chi connectivity index (χ0n) is 32.3. The number of nitrogens with one attached hydrogen (secondary N) is 1. The summed E-state index contributed by atoms with van der Waals surface area (Å²) >= 11 is 0. The number of rotatable bonds is 18. The number of hydrogen-bond donors (Lipinski definition) is 2. The van der Waals surface area contributed by atoms with Crippen LogP contribution >= 0.6 is 8.53 Å². The Labute approximate surface area is 323 Å². The summed E-state index contributed by atoms with van der Waals surface area (Å²) in [5, 5.41) is 2.95. The van der Waals surface area contributed by atoms with E-state index >= 15 is 0 Å². The third-order valence-electron chi connectivity index (χ3n) is 9.55. The van der Waals surface area contributed by atoms with Crippen LogP contribution in [0.25, 0.3) is 11.2 Å². The Morgan fingerprint density at radius 2 is 1.51 bits per heavy atom. The minimum atomic E-state index is -1.48. The Bertz CT molecular complexity index is 1940. The Hall–Kier alpha value is -4.69. The fourth-order valence-electron chi connectivity index (χ4n) is 7.06. The number of amides is 1. The maximum atomic E-state index is 11.5. The van der Waals surface area contributed by atoms with Gasteiger partial charge in [-0.15, -0.1) is 0 Å². The average molecular weight is 772 g/mol. The predicted octanol–water partition coefficient (Wildman–Crippen LogP) is 6.41. The molecule has 14 nitrogen and oxygen atoms in total. The van der Waals surface area contributed by atoms with Crippen LogP contribution in [0.5, 0.6) is 11.5 Å². The smallest absolute Gasteiger partial charge is 0.259 e. The van der Waals surface area contributed by atoms with E-state index in [0.717, 1.165) is 28.2 Å². The van der Waals surface area contributed by atoms with Crippen LogP contribution in [0.4, 0.5) is 5.82 Å². The fourth-order valence-corrected chi connectivity index (χ4v) is 8.65. The molecule has 4 atom stereocenters. The largest absolute Gasteiger partial charge is 0.497 e. The van der Waals surface area contributed by atoms with Gasteiger partial charge in [-0.25, -0.2) is 19.6 Å². The molecule has 0 saturated carbocycles. The number of primary amides is 1. The van der Waals surface area contributed by atoms with Gasteiger partial charge in [-0.3, -0.25) is 9.36 Å². The molecule has 0 radical (unpaired) electrons. The third kappa shape index (κ3) is 8.60. The number of carbonyl (C=O) groups is 1. The van der Waals surface area contributed by atoms with Gasteiger partial charge in [0.05, 0.1) is 39.8 Å². The second-order valence-electron chi connectivity index (χ2n) is 13.7. The summed E-state index contributed by atoms with van der Waals surface area (Å²) in [5.41, 5.74) is 8.05. The molecule has 1 unspecified atom stereocenters. The van der Waals surface area contributed by atoms with E-state index in [1.54, 1.807) is 27.7 Å². The normalized spacial score (nSPS) is 18.0. The number of nitrogens with two attached hydrogens (primary N) is 1. The van der Waals surface area contributed by atoms with Crippen molar-refractivity contribution in [3.63, 3.8) is 0 Å². The molecule has 2 aromatic heterocycles. The van der Waals surface area contributed by atoms with Crippen molar-refractivity contribution in [3.05, 3.63) is 108 Å². The lowest BCUT2D eigenvalue weighted by Crippen LogP contribution is -2.39. The van der Waals surface area contributed by atoms with Gasteiger partial charge in [-0.2, -0.15) is 0 Å². The summed E-state index contributed by atoms with van der Waals surface area (Å²) in [5.74, 6) is 1.34. The average Bonchev–Trinajstić information content (AvgIpc) is 3.82. The number of nitrogens with zero attached hydrogens (tertiary/aromatic N) is 5. The summed E-state index contributed by atoms with van der Waals surface area (Å²) in [6.45, 7) is 8.56. The zero-order valence-corrected chi connectivity index (χ0v) is 33.2. The third-order valence-corrected chi connectivity index (χ3v) is 11.6. The quantitative estimate of drug-likeness (QED) is 0.0746. The number of hydrogen-bond acceptors (Lipinski definition) is 12. The Balaban J connectivity index is 1.41. The summed E-state index contributed by atoms with van der Waals surface area (Å²) < 4.78 is 42.4. The van der Waals surface area contributed by atoms with Crippen LogP contribution in [0.2, 0.25) is 0 Å². The Morgan fingerprint density at radius 3 is 2.05 bits per heavy atom. The number of anilines is 1. The van der Waals surface area contributed by atoms with Crippen LogP contribution in [-0.2, 0) is 28.9 Å². The highest BCUT2D eigenvalue weighted by Gasteiger charge is 2.45. The van der Waals surface area contributed by atoms with Gasteiger partial charge in [0.1, 0.15) is 35.8 Å². The Morgan fingerprint density at radius 1 is 0.909 bits per heavy atom. The first-order valence-corrected chi connectivity index (χ1v) is 19.4. The van der Waals surface area contributed by atoms with Gasteiger partial charge >= 0.3 is 0 Å². The van der Waals surface area contributed by atoms with Gasteiger partial charge in [0.25, 0.3) is 8.53 Å². The molecule has 0 bridgehead atoms. The van der Waals surface area contributed by atoms with Crippen LogP contribution in [-0.4, -0.2) is 88.9 Å². The number of ether oxygens (including phenoxy) is 4. The first-order valence-electron chi connectivity index (χ1n) is 18.2. The van der Waals surface area contributed by atoms with Crippen molar-refractivity contribution in [3.8, 4) is 11.5 Å². The van der Waals surface area contributed by atoms with Crippen molar-refractivity contribution in [2.75, 3.05) is 39.8 Å². The molecule has 1 fully saturated rings. The lowest BCUT2D eigenvalue weighted by atomic mass is 9.80. The maximum absolute atomic E-state index is 11.5. The fraction of sp³-hybridized carbons (Fsp3) is 0.400. The molecule has 1 amide bonds. The SMILES string of the molecule is COc1ccc(C(OC[C@H]2O[C@@H](n3cnc4c(NCC(N)=O)ncnc43)C[C@@H]2OP(OC)N(C(C)C)C(C)C)(c2ccccc2)c2ccc(OC)cc2)cc1. The monoisotopic (exact) mass is 771 g/mol. The highest BCUT2D eigenvalue weighted by molar-refractivity contribution is 7.44. The van der Waals surface area contributed by atoms with Crippen LogP contribution in [0, 0.1) is 0 Å². The van der Waals surface area contributed by atoms with Gasteiger partial charge < -0.3 is 39.0 Å². The molecule has 3 aromatic carbocycles. The molecule has 0 spiro atoms. The van der Waals surface area contributed by atoms with Crippen LogP contribution in [0.3, 0.4) is 0 Å². The van der Waals surface area contributed by atoms with E-state index in [1.807, 2.05) is 71.3 Å². The number of imidazole rings is 1. The van der Waals surface area contributed by atoms with E-state index in [0.29, 0.717) is 23.4 Å². The number of benzene rings is 3. The molecule has 1 aliphatic heterocycles. The van der Waals surface area contributed by atoms with E-state index in [4.69, 9.17) is 33.7 Å². The molecule has 3 N–H and O–H groups in total. The van der Waals surface area contributed by atoms with Crippen molar-refractivity contribution >= 4 is 31.4 Å². The molecule has 6 rings (SSSR count). The van der Waals surface area contributed by atoms with E-state index in [-0.39, 0.29) is 25.2 Å². The van der Waals surface area contributed by atoms with Gasteiger partial charge in [-0.1, -0.05) is 54.6 Å². The standard InChI is InChI=1S/C40H50N7O7P/c1-26(2)47(27(3)4)55(51-7)54-33-21-36(46-25-45-37-38(42-22-35(41)48)43-24-44-39(37)46)53-34(33)23-52-40(28-11-9-8-10-12-28,29-13-17-31(49-5)18-14-29)30-15-19-32(50-6)20-16-30/h8-20,24-27,33-34,36H,21-23H2,1-7H3,(H2,41,48)(H,42,43,44)/t33-,34+,36+,55?/m0/s1. The topological polar surface area (TPSA) is 157 Å².